The van der Waals surface area contributed by atoms with Gasteiger partial charge in [0.1, 0.15) is 0 Å². The summed E-state index contributed by atoms with van der Waals surface area (Å²) in [5.74, 6) is 0.670. The number of benzene rings is 1. The van der Waals surface area contributed by atoms with Gasteiger partial charge < -0.3 is 4.90 Å². The van der Waals surface area contributed by atoms with E-state index in [1.54, 1.807) is 0 Å². The molecule has 0 N–H and O–H groups in total. The molecule has 1 unspecified atom stereocenters. The highest BCUT2D eigenvalue weighted by Crippen LogP contribution is 2.29. The summed E-state index contributed by atoms with van der Waals surface area (Å²) < 4.78 is 0. The normalized spacial score (nSPS) is 12.5. The van der Waals surface area contributed by atoms with Crippen molar-refractivity contribution in [3.63, 3.8) is 0 Å². The standard InChI is InChI=1S/C14H23N/c1-5-6-9-12(2)13-10-7-8-11-14(13)15(3)4/h7-8,10-12H,5-6,9H2,1-4H3. The Hall–Kier alpha value is -0.980. The maximum atomic E-state index is 2.33. The smallest absolute Gasteiger partial charge is 0.0396 e. The van der Waals surface area contributed by atoms with Crippen molar-refractivity contribution in [2.75, 3.05) is 19.0 Å². The van der Waals surface area contributed by atoms with Gasteiger partial charge in [0, 0.05) is 19.8 Å². The summed E-state index contributed by atoms with van der Waals surface area (Å²) in [7, 11) is 4.23. The Morgan fingerprint density at radius 2 is 1.87 bits per heavy atom. The molecule has 0 aliphatic rings. The molecule has 15 heavy (non-hydrogen) atoms. The van der Waals surface area contributed by atoms with Crippen LogP contribution in [0.3, 0.4) is 0 Å². The zero-order chi connectivity index (χ0) is 11.3. The summed E-state index contributed by atoms with van der Waals surface area (Å²) in [6, 6.07) is 8.73. The number of anilines is 1. The zero-order valence-electron chi connectivity index (χ0n) is 10.5. The van der Waals surface area contributed by atoms with Crippen molar-refractivity contribution in [2.45, 2.75) is 39.0 Å². The van der Waals surface area contributed by atoms with Gasteiger partial charge in [-0.3, -0.25) is 0 Å². The maximum absolute atomic E-state index is 2.33. The Morgan fingerprint density at radius 3 is 2.47 bits per heavy atom. The van der Waals surface area contributed by atoms with Crippen LogP contribution in [0.4, 0.5) is 5.69 Å². The SMILES string of the molecule is CCCCC(C)c1ccccc1N(C)C. The van der Waals surface area contributed by atoms with E-state index >= 15 is 0 Å². The minimum absolute atomic E-state index is 0.670. The van der Waals surface area contributed by atoms with Gasteiger partial charge in [-0.2, -0.15) is 0 Å². The lowest BCUT2D eigenvalue weighted by Crippen LogP contribution is -2.12. The number of unbranched alkanes of at least 4 members (excludes halogenated alkanes) is 1. The maximum Gasteiger partial charge on any atom is 0.0396 e. The second kappa shape index (κ2) is 5.79. The molecule has 0 amide bonds. The van der Waals surface area contributed by atoms with E-state index < -0.39 is 0 Å². The molecule has 0 aliphatic heterocycles. The van der Waals surface area contributed by atoms with Gasteiger partial charge >= 0.3 is 0 Å². The zero-order valence-corrected chi connectivity index (χ0v) is 10.5. The molecule has 0 aliphatic carbocycles. The van der Waals surface area contributed by atoms with Gasteiger partial charge in [0.2, 0.25) is 0 Å². The van der Waals surface area contributed by atoms with E-state index in [2.05, 4.69) is 57.1 Å². The molecule has 84 valence electrons. The van der Waals surface area contributed by atoms with Gasteiger partial charge in [-0.15, -0.1) is 0 Å². The summed E-state index contributed by atoms with van der Waals surface area (Å²) in [6.45, 7) is 4.59. The van der Waals surface area contributed by atoms with E-state index in [0.29, 0.717) is 5.92 Å². The second-order valence-electron chi connectivity index (χ2n) is 4.50. The minimum atomic E-state index is 0.670. The topological polar surface area (TPSA) is 3.24 Å². The van der Waals surface area contributed by atoms with Crippen LogP contribution in [-0.2, 0) is 0 Å². The van der Waals surface area contributed by atoms with E-state index in [9.17, 15) is 0 Å². The van der Waals surface area contributed by atoms with Crippen molar-refractivity contribution >= 4 is 5.69 Å². The molecule has 1 aromatic rings. The van der Waals surface area contributed by atoms with Gasteiger partial charge in [0.25, 0.3) is 0 Å². The first-order chi connectivity index (χ1) is 7.16. The van der Waals surface area contributed by atoms with E-state index in [4.69, 9.17) is 0 Å². The third kappa shape index (κ3) is 3.26. The minimum Gasteiger partial charge on any atom is -0.377 e. The highest BCUT2D eigenvalue weighted by molar-refractivity contribution is 5.53. The van der Waals surface area contributed by atoms with Crippen LogP contribution in [0.25, 0.3) is 0 Å². The van der Waals surface area contributed by atoms with Crippen molar-refractivity contribution in [3.05, 3.63) is 29.8 Å². The molecule has 0 radical (unpaired) electrons. The molecular weight excluding hydrogens is 182 g/mol. The van der Waals surface area contributed by atoms with Crippen LogP contribution in [-0.4, -0.2) is 14.1 Å². The lowest BCUT2D eigenvalue weighted by atomic mass is 9.94. The fraction of sp³-hybridized carbons (Fsp3) is 0.571. The third-order valence-corrected chi connectivity index (χ3v) is 2.94. The fourth-order valence-electron chi connectivity index (χ4n) is 1.98. The van der Waals surface area contributed by atoms with Crippen LogP contribution in [0, 0.1) is 0 Å². The molecule has 1 atom stereocenters. The number of nitrogens with zero attached hydrogens (tertiary/aromatic N) is 1. The Kier molecular flexibility index (Phi) is 4.67. The van der Waals surface area contributed by atoms with Gasteiger partial charge in [0.15, 0.2) is 0 Å². The van der Waals surface area contributed by atoms with Gasteiger partial charge in [0.05, 0.1) is 0 Å². The molecule has 1 nitrogen and oxygen atoms in total. The summed E-state index contributed by atoms with van der Waals surface area (Å²) in [4.78, 5) is 2.21. The number of para-hydroxylation sites is 1. The summed E-state index contributed by atoms with van der Waals surface area (Å²) >= 11 is 0. The van der Waals surface area contributed by atoms with E-state index in [0.717, 1.165) is 0 Å². The predicted molar refractivity (Wildman–Crippen MR) is 68.7 cm³/mol. The van der Waals surface area contributed by atoms with Crippen molar-refractivity contribution in [1.29, 1.82) is 0 Å². The van der Waals surface area contributed by atoms with Crippen molar-refractivity contribution < 1.29 is 0 Å². The molecule has 1 rings (SSSR count). The second-order valence-corrected chi connectivity index (χ2v) is 4.50. The van der Waals surface area contributed by atoms with E-state index in [1.807, 2.05) is 0 Å². The van der Waals surface area contributed by atoms with Crippen molar-refractivity contribution in [2.24, 2.45) is 0 Å². The summed E-state index contributed by atoms with van der Waals surface area (Å²) in [5, 5.41) is 0. The highest BCUT2D eigenvalue weighted by Gasteiger charge is 2.10. The van der Waals surface area contributed by atoms with Crippen molar-refractivity contribution in [3.8, 4) is 0 Å². The van der Waals surface area contributed by atoms with Gasteiger partial charge in [-0.05, 0) is 24.0 Å². The Morgan fingerprint density at radius 1 is 1.20 bits per heavy atom. The van der Waals surface area contributed by atoms with Crippen LogP contribution in [0.5, 0.6) is 0 Å². The van der Waals surface area contributed by atoms with Crippen molar-refractivity contribution in [1.82, 2.24) is 0 Å². The average Bonchev–Trinajstić information content (AvgIpc) is 2.25. The average molecular weight is 205 g/mol. The lowest BCUT2D eigenvalue weighted by molar-refractivity contribution is 0.624. The molecule has 0 saturated carbocycles. The van der Waals surface area contributed by atoms with Gasteiger partial charge in [-0.25, -0.2) is 0 Å². The molecule has 0 aromatic heterocycles. The molecule has 1 aromatic carbocycles. The number of hydrogen-bond acceptors (Lipinski definition) is 1. The summed E-state index contributed by atoms with van der Waals surface area (Å²) in [6.07, 6.45) is 3.90. The fourth-order valence-corrected chi connectivity index (χ4v) is 1.98. The number of rotatable bonds is 5. The summed E-state index contributed by atoms with van der Waals surface area (Å²) in [5.41, 5.74) is 2.84. The van der Waals surface area contributed by atoms with Crippen LogP contribution in [0.15, 0.2) is 24.3 Å². The van der Waals surface area contributed by atoms with E-state index in [1.165, 1.54) is 30.5 Å². The molecular formula is C14H23N. The predicted octanol–water partition coefficient (Wildman–Crippen LogP) is 4.05. The molecule has 0 saturated heterocycles. The Bertz CT molecular complexity index is 291. The third-order valence-electron chi connectivity index (χ3n) is 2.94. The molecule has 1 heteroatoms. The van der Waals surface area contributed by atoms with Crippen LogP contribution in [0.2, 0.25) is 0 Å². The quantitative estimate of drug-likeness (QED) is 0.701. The van der Waals surface area contributed by atoms with E-state index in [-0.39, 0.29) is 0 Å². The molecule has 0 bridgehead atoms. The first-order valence-electron chi connectivity index (χ1n) is 5.93. The van der Waals surface area contributed by atoms with Gasteiger partial charge in [-0.1, -0.05) is 44.9 Å². The van der Waals surface area contributed by atoms with Crippen LogP contribution < -0.4 is 4.90 Å². The van der Waals surface area contributed by atoms with Crippen LogP contribution >= 0.6 is 0 Å². The van der Waals surface area contributed by atoms with Crippen LogP contribution in [0.1, 0.15) is 44.6 Å². The first-order valence-corrected chi connectivity index (χ1v) is 5.93. The highest BCUT2D eigenvalue weighted by atomic mass is 15.1. The molecule has 0 heterocycles. The largest absolute Gasteiger partial charge is 0.377 e. The molecule has 0 fully saturated rings. The first kappa shape index (κ1) is 12.1. The monoisotopic (exact) mass is 205 g/mol. The Balaban J connectivity index is 2.82. The molecule has 0 spiro atoms. The lowest BCUT2D eigenvalue weighted by Gasteiger charge is -2.21. The number of hydrogen-bond donors (Lipinski definition) is 0. The Labute approximate surface area is 94.1 Å².